The van der Waals surface area contributed by atoms with Gasteiger partial charge in [-0.15, -0.1) is 0 Å². The lowest BCUT2D eigenvalue weighted by Gasteiger charge is -2.40. The Morgan fingerprint density at radius 3 is 2.39 bits per heavy atom. The molecule has 2 atom stereocenters. The molecular formula is C20H24F5NOS. The largest absolute Gasteiger partial charge is 0.496 e. The molecule has 1 aliphatic heterocycles. The molecule has 1 fully saturated rings. The highest BCUT2D eigenvalue weighted by atomic mass is 32.5. The first-order valence-corrected chi connectivity index (χ1v) is 11.1. The molecular weight excluding hydrogens is 397 g/mol. The number of methoxy groups -OCH3 is 1. The number of hydrogen-bond donors (Lipinski definition) is 1. The SMILES string of the molecule is COc1ccc(S(F)(F)(F)(F)F)cc1CC[C@H]1CCCN[C@H]1c1ccccc1. The highest BCUT2D eigenvalue weighted by Crippen LogP contribution is 3.02. The van der Waals surface area contributed by atoms with Crippen molar-refractivity contribution in [3.8, 4) is 5.75 Å². The highest BCUT2D eigenvalue weighted by Gasteiger charge is 2.65. The smallest absolute Gasteiger partial charge is 0.310 e. The summed E-state index contributed by atoms with van der Waals surface area (Å²) in [5, 5.41) is 3.47. The standard InChI is InChI=1S/C20H24F5NOS/c1-27-19-12-11-18(28(21,22,23,24)25)14-17(19)10-9-16-8-5-13-26-20(16)15-6-3-2-4-7-15/h2-4,6-7,11-12,14,16,20,26H,5,8-10,13H2,1H3/t16-,20+/m1/s1. The van der Waals surface area contributed by atoms with Gasteiger partial charge in [-0.3, -0.25) is 0 Å². The number of hydrogen-bond acceptors (Lipinski definition) is 2. The van der Waals surface area contributed by atoms with Gasteiger partial charge in [-0.2, -0.15) is 0 Å². The Kier molecular flexibility index (Phi) is 5.17. The number of rotatable bonds is 6. The molecule has 3 rings (SSSR count). The summed E-state index contributed by atoms with van der Waals surface area (Å²) in [6.07, 6.45) is 2.71. The van der Waals surface area contributed by atoms with Crippen molar-refractivity contribution in [1.29, 1.82) is 0 Å². The molecule has 2 aromatic carbocycles. The number of nitrogens with one attached hydrogen (secondary N) is 1. The number of benzene rings is 2. The van der Waals surface area contributed by atoms with Crippen molar-refractivity contribution in [2.24, 2.45) is 5.92 Å². The third-order valence-corrected chi connectivity index (χ3v) is 6.37. The Labute approximate surface area is 161 Å². The predicted molar refractivity (Wildman–Crippen MR) is 103 cm³/mol. The van der Waals surface area contributed by atoms with Crippen LogP contribution in [0.3, 0.4) is 0 Å². The van der Waals surface area contributed by atoms with Crippen LogP contribution in [-0.2, 0) is 6.42 Å². The molecule has 0 bridgehead atoms. The number of aryl methyl sites for hydroxylation is 1. The third-order valence-electron chi connectivity index (χ3n) is 5.23. The Bertz CT molecular complexity index is 826. The molecule has 1 heterocycles. The van der Waals surface area contributed by atoms with E-state index in [0.29, 0.717) is 18.6 Å². The van der Waals surface area contributed by atoms with Crippen LogP contribution in [0.15, 0.2) is 53.4 Å². The fraction of sp³-hybridized carbons (Fsp3) is 0.400. The van der Waals surface area contributed by atoms with Gasteiger partial charge in [0.05, 0.1) is 7.11 Å². The Morgan fingerprint density at radius 2 is 1.75 bits per heavy atom. The average Bonchev–Trinajstić information content (AvgIpc) is 2.65. The second-order valence-corrected chi connectivity index (χ2v) is 9.64. The van der Waals surface area contributed by atoms with Gasteiger partial charge >= 0.3 is 10.2 Å². The second-order valence-electron chi connectivity index (χ2n) is 7.23. The van der Waals surface area contributed by atoms with Crippen molar-refractivity contribution in [2.45, 2.75) is 36.6 Å². The molecule has 0 unspecified atom stereocenters. The van der Waals surface area contributed by atoms with Crippen LogP contribution in [0.5, 0.6) is 5.75 Å². The molecule has 8 heteroatoms. The summed E-state index contributed by atoms with van der Waals surface area (Å²) in [6.45, 7) is 0.874. The van der Waals surface area contributed by atoms with Gasteiger partial charge in [-0.05, 0) is 67.5 Å². The monoisotopic (exact) mass is 421 g/mol. The fourth-order valence-electron chi connectivity index (χ4n) is 3.85. The minimum Gasteiger partial charge on any atom is -0.496 e. The Morgan fingerprint density at radius 1 is 1.04 bits per heavy atom. The Hall–Kier alpha value is -1.80. The van der Waals surface area contributed by atoms with E-state index in [2.05, 4.69) is 5.32 Å². The molecule has 1 N–H and O–H groups in total. The van der Waals surface area contributed by atoms with Gasteiger partial charge in [0.25, 0.3) is 0 Å². The zero-order valence-corrected chi connectivity index (χ0v) is 16.3. The molecule has 28 heavy (non-hydrogen) atoms. The maximum absolute atomic E-state index is 13.2. The van der Waals surface area contributed by atoms with E-state index in [4.69, 9.17) is 4.74 Å². The van der Waals surface area contributed by atoms with Crippen molar-refractivity contribution >= 4 is 10.2 Å². The fourth-order valence-corrected chi connectivity index (χ4v) is 4.54. The first-order chi connectivity index (χ1) is 13.0. The van der Waals surface area contributed by atoms with Crippen molar-refractivity contribution in [1.82, 2.24) is 5.32 Å². The van der Waals surface area contributed by atoms with Gasteiger partial charge in [0, 0.05) is 6.04 Å². The van der Waals surface area contributed by atoms with E-state index in [-0.39, 0.29) is 29.7 Å². The summed E-state index contributed by atoms with van der Waals surface area (Å²) in [7, 11) is -8.39. The lowest BCUT2D eigenvalue weighted by Crippen LogP contribution is -2.34. The van der Waals surface area contributed by atoms with E-state index < -0.39 is 15.1 Å². The molecule has 0 aliphatic carbocycles. The quantitative estimate of drug-likeness (QED) is 0.506. The second kappa shape index (κ2) is 6.91. The number of ether oxygens (including phenoxy) is 1. The summed E-state index contributed by atoms with van der Waals surface area (Å²) in [6, 6.07) is 11.9. The maximum Gasteiger partial charge on any atom is 0.310 e. The normalized spacial score (nSPS) is 22.9. The molecule has 156 valence electrons. The highest BCUT2D eigenvalue weighted by molar-refractivity contribution is 8.45. The van der Waals surface area contributed by atoms with Crippen molar-refractivity contribution in [3.63, 3.8) is 0 Å². The van der Waals surface area contributed by atoms with Gasteiger partial charge in [-0.25, -0.2) is 0 Å². The van der Waals surface area contributed by atoms with Gasteiger partial charge in [0.2, 0.25) is 0 Å². The molecule has 0 saturated carbocycles. The van der Waals surface area contributed by atoms with Crippen LogP contribution < -0.4 is 10.1 Å². The zero-order valence-electron chi connectivity index (χ0n) is 15.5. The first kappa shape index (κ1) is 20.9. The minimum absolute atomic E-state index is 0.0970. The molecule has 2 aromatic rings. The zero-order chi connectivity index (χ0) is 20.5. The van der Waals surface area contributed by atoms with Crippen LogP contribution in [0, 0.1) is 5.92 Å². The molecule has 0 spiro atoms. The van der Waals surface area contributed by atoms with Gasteiger partial charge in [0.15, 0.2) is 0 Å². The Balaban J connectivity index is 1.83. The van der Waals surface area contributed by atoms with Crippen LogP contribution in [0.25, 0.3) is 0 Å². The topological polar surface area (TPSA) is 21.3 Å². The third kappa shape index (κ3) is 4.97. The van der Waals surface area contributed by atoms with E-state index in [1.807, 2.05) is 30.3 Å². The maximum atomic E-state index is 13.2. The van der Waals surface area contributed by atoms with E-state index in [1.54, 1.807) is 0 Å². The molecule has 1 aliphatic rings. The molecule has 0 aromatic heterocycles. The summed E-state index contributed by atoms with van der Waals surface area (Å²) < 4.78 is 71.1. The molecule has 1 saturated heterocycles. The van der Waals surface area contributed by atoms with Gasteiger partial charge in [-0.1, -0.05) is 49.8 Å². The van der Waals surface area contributed by atoms with Crippen LogP contribution in [-0.4, -0.2) is 13.7 Å². The average molecular weight is 421 g/mol. The summed E-state index contributed by atoms with van der Waals surface area (Å²) in [4.78, 5) is -1.86. The van der Waals surface area contributed by atoms with Gasteiger partial charge < -0.3 is 10.1 Å². The van der Waals surface area contributed by atoms with E-state index in [0.717, 1.165) is 31.0 Å². The summed E-state index contributed by atoms with van der Waals surface area (Å²) >= 11 is 0. The van der Waals surface area contributed by atoms with Crippen molar-refractivity contribution in [2.75, 3.05) is 13.7 Å². The summed E-state index contributed by atoms with van der Waals surface area (Å²) in [5.74, 6) is 0.398. The van der Waals surface area contributed by atoms with Crippen molar-refractivity contribution < 1.29 is 24.2 Å². The lowest BCUT2D eigenvalue weighted by atomic mass is 9.82. The van der Waals surface area contributed by atoms with Crippen molar-refractivity contribution in [3.05, 3.63) is 59.7 Å². The van der Waals surface area contributed by atoms with E-state index in [1.165, 1.54) is 7.11 Å². The van der Waals surface area contributed by atoms with Crippen LogP contribution in [0.4, 0.5) is 19.4 Å². The minimum atomic E-state index is -9.72. The molecule has 2 nitrogen and oxygen atoms in total. The summed E-state index contributed by atoms with van der Waals surface area (Å²) in [5.41, 5.74) is 1.28. The first-order valence-electron chi connectivity index (χ1n) is 9.17. The number of halogens is 5. The van der Waals surface area contributed by atoms with Gasteiger partial charge in [0.1, 0.15) is 10.6 Å². The van der Waals surface area contributed by atoms with E-state index in [9.17, 15) is 19.4 Å². The van der Waals surface area contributed by atoms with E-state index >= 15 is 0 Å². The molecule has 0 amide bonds. The van der Waals surface area contributed by atoms with Crippen LogP contribution in [0.2, 0.25) is 0 Å². The number of piperidine rings is 1. The predicted octanol–water partition coefficient (Wildman–Crippen LogP) is 7.03. The van der Waals surface area contributed by atoms with Crippen LogP contribution in [0.1, 0.15) is 36.4 Å². The van der Waals surface area contributed by atoms with Crippen LogP contribution >= 0.6 is 10.2 Å². The lowest BCUT2D eigenvalue weighted by molar-refractivity contribution is 0.268. The molecule has 0 radical (unpaired) electrons.